The molecule has 0 heterocycles. The number of rotatable bonds is 5. The summed E-state index contributed by atoms with van der Waals surface area (Å²) >= 11 is 0. The molecular weight excluding hydrogens is 236 g/mol. The number of carbonyl (C=O) groups is 1. The van der Waals surface area contributed by atoms with Crippen LogP contribution in [0.1, 0.15) is 23.6 Å². The molecule has 2 rings (SSSR count). The third-order valence-corrected chi connectivity index (χ3v) is 2.89. The van der Waals surface area contributed by atoms with Crippen molar-refractivity contribution in [3.8, 4) is 0 Å². The molecule has 2 aromatic rings. The molecule has 0 aliphatic heterocycles. The van der Waals surface area contributed by atoms with Gasteiger partial charge >= 0.3 is 5.97 Å². The molecule has 0 fully saturated rings. The predicted molar refractivity (Wildman–Crippen MR) is 74.9 cm³/mol. The second-order valence-corrected chi connectivity index (χ2v) is 4.47. The molecule has 0 aliphatic carbocycles. The van der Waals surface area contributed by atoms with Crippen LogP contribution >= 0.6 is 0 Å². The summed E-state index contributed by atoms with van der Waals surface area (Å²) < 4.78 is 4.93. The maximum atomic E-state index is 10.7. The predicted octanol–water partition coefficient (Wildman–Crippen LogP) is 3.18. The first-order valence-electron chi connectivity index (χ1n) is 6.41. The Kier molecular flexibility index (Phi) is 4.73. The quantitative estimate of drug-likeness (QED) is 0.765. The van der Waals surface area contributed by atoms with Crippen LogP contribution in [0.2, 0.25) is 0 Å². The molecule has 0 aliphatic rings. The molecule has 19 heavy (non-hydrogen) atoms. The summed E-state index contributed by atoms with van der Waals surface area (Å²) in [5.41, 5.74) is 3.64. The van der Waals surface area contributed by atoms with Gasteiger partial charge in [0.15, 0.2) is 0 Å². The SMILES string of the molecule is CC(=O)OCCc1ccc(Cc2[c]cccc2)cc1. The number of hydrogen-bond acceptors (Lipinski definition) is 2. The second kappa shape index (κ2) is 6.74. The van der Waals surface area contributed by atoms with Gasteiger partial charge in [0, 0.05) is 13.3 Å². The Morgan fingerprint density at radius 1 is 1.11 bits per heavy atom. The molecule has 0 aromatic heterocycles. The van der Waals surface area contributed by atoms with Gasteiger partial charge in [0.05, 0.1) is 6.61 Å². The van der Waals surface area contributed by atoms with Crippen molar-refractivity contribution in [2.45, 2.75) is 19.8 Å². The molecule has 0 unspecified atom stereocenters. The molecule has 0 atom stereocenters. The highest BCUT2D eigenvalue weighted by Crippen LogP contribution is 2.10. The van der Waals surface area contributed by atoms with Gasteiger partial charge < -0.3 is 4.74 Å². The topological polar surface area (TPSA) is 26.3 Å². The van der Waals surface area contributed by atoms with Gasteiger partial charge in [-0.3, -0.25) is 4.79 Å². The Hall–Kier alpha value is -2.09. The van der Waals surface area contributed by atoms with Crippen molar-refractivity contribution in [3.05, 3.63) is 71.3 Å². The van der Waals surface area contributed by atoms with E-state index in [1.807, 2.05) is 18.2 Å². The van der Waals surface area contributed by atoms with Crippen LogP contribution in [0.15, 0.2) is 48.5 Å². The summed E-state index contributed by atoms with van der Waals surface area (Å²) in [5, 5.41) is 0. The number of esters is 1. The van der Waals surface area contributed by atoms with Gasteiger partial charge in [-0.15, -0.1) is 0 Å². The van der Waals surface area contributed by atoms with Crippen LogP contribution in [0.4, 0.5) is 0 Å². The molecule has 0 amide bonds. The Balaban J connectivity index is 1.89. The van der Waals surface area contributed by atoms with Gasteiger partial charge in [-0.25, -0.2) is 0 Å². The minimum Gasteiger partial charge on any atom is -0.466 e. The number of benzene rings is 2. The van der Waals surface area contributed by atoms with Crippen LogP contribution in [-0.2, 0) is 22.4 Å². The molecule has 1 radical (unpaired) electrons. The van der Waals surface area contributed by atoms with E-state index in [1.165, 1.54) is 23.6 Å². The van der Waals surface area contributed by atoms with Crippen molar-refractivity contribution >= 4 is 5.97 Å². The normalized spacial score (nSPS) is 10.2. The van der Waals surface area contributed by atoms with Crippen LogP contribution in [0.25, 0.3) is 0 Å². The standard InChI is InChI=1S/C17H17O2/c1-14(18)19-12-11-15-7-9-17(10-8-15)13-16-5-3-2-4-6-16/h2-5,7-10H,11-13H2,1H3. The van der Waals surface area contributed by atoms with E-state index in [0.717, 1.165) is 12.8 Å². The monoisotopic (exact) mass is 253 g/mol. The summed E-state index contributed by atoms with van der Waals surface area (Å²) in [5.74, 6) is -0.226. The van der Waals surface area contributed by atoms with Gasteiger partial charge in [-0.1, -0.05) is 48.5 Å². The first-order chi connectivity index (χ1) is 9.24. The fourth-order valence-electron chi connectivity index (χ4n) is 1.90. The summed E-state index contributed by atoms with van der Waals surface area (Å²) in [4.78, 5) is 10.7. The fourth-order valence-corrected chi connectivity index (χ4v) is 1.90. The van der Waals surface area contributed by atoms with E-state index in [4.69, 9.17) is 4.74 Å². The van der Waals surface area contributed by atoms with E-state index in [9.17, 15) is 4.79 Å². The van der Waals surface area contributed by atoms with Gasteiger partial charge in [-0.05, 0) is 29.2 Å². The van der Waals surface area contributed by atoms with Crippen molar-refractivity contribution in [2.75, 3.05) is 6.61 Å². The Bertz CT molecular complexity index is 515. The van der Waals surface area contributed by atoms with Crippen molar-refractivity contribution in [1.82, 2.24) is 0 Å². The number of ether oxygens (including phenoxy) is 1. The third kappa shape index (κ3) is 4.59. The minimum absolute atomic E-state index is 0.226. The zero-order valence-corrected chi connectivity index (χ0v) is 11.1. The molecule has 0 spiro atoms. The highest BCUT2D eigenvalue weighted by molar-refractivity contribution is 5.65. The van der Waals surface area contributed by atoms with Gasteiger partial charge in [0.2, 0.25) is 0 Å². The van der Waals surface area contributed by atoms with Crippen molar-refractivity contribution in [2.24, 2.45) is 0 Å². The zero-order chi connectivity index (χ0) is 13.5. The summed E-state index contributed by atoms with van der Waals surface area (Å²) in [6.45, 7) is 1.88. The molecule has 0 bridgehead atoms. The van der Waals surface area contributed by atoms with E-state index >= 15 is 0 Å². The summed E-state index contributed by atoms with van der Waals surface area (Å²) in [6, 6.07) is 19.6. The first kappa shape index (κ1) is 13.3. The lowest BCUT2D eigenvalue weighted by molar-refractivity contribution is -0.140. The third-order valence-electron chi connectivity index (χ3n) is 2.89. The van der Waals surface area contributed by atoms with Crippen molar-refractivity contribution in [1.29, 1.82) is 0 Å². The Morgan fingerprint density at radius 2 is 1.84 bits per heavy atom. The van der Waals surface area contributed by atoms with E-state index in [-0.39, 0.29) is 5.97 Å². The molecule has 2 nitrogen and oxygen atoms in total. The maximum Gasteiger partial charge on any atom is 0.302 e. The highest BCUT2D eigenvalue weighted by Gasteiger charge is 1.98. The van der Waals surface area contributed by atoms with E-state index in [2.05, 4.69) is 36.4 Å². The molecule has 2 heteroatoms. The largest absolute Gasteiger partial charge is 0.466 e. The molecule has 97 valence electrons. The van der Waals surface area contributed by atoms with E-state index in [0.29, 0.717) is 6.61 Å². The van der Waals surface area contributed by atoms with Crippen molar-refractivity contribution in [3.63, 3.8) is 0 Å². The highest BCUT2D eigenvalue weighted by atomic mass is 16.5. The molecule has 0 saturated carbocycles. The van der Waals surface area contributed by atoms with Crippen LogP contribution in [0.3, 0.4) is 0 Å². The van der Waals surface area contributed by atoms with Gasteiger partial charge in [0.25, 0.3) is 0 Å². The molecule has 2 aromatic carbocycles. The van der Waals surface area contributed by atoms with Crippen LogP contribution in [0, 0.1) is 6.07 Å². The van der Waals surface area contributed by atoms with Crippen LogP contribution < -0.4 is 0 Å². The lowest BCUT2D eigenvalue weighted by Crippen LogP contribution is -2.03. The summed E-state index contributed by atoms with van der Waals surface area (Å²) in [7, 11) is 0. The summed E-state index contributed by atoms with van der Waals surface area (Å²) in [6.07, 6.45) is 1.66. The minimum atomic E-state index is -0.226. The van der Waals surface area contributed by atoms with Gasteiger partial charge in [0.1, 0.15) is 0 Å². The zero-order valence-electron chi connectivity index (χ0n) is 11.1. The van der Waals surface area contributed by atoms with Gasteiger partial charge in [-0.2, -0.15) is 0 Å². The fraction of sp³-hybridized carbons (Fsp3) is 0.235. The average Bonchev–Trinajstić information content (AvgIpc) is 2.42. The van der Waals surface area contributed by atoms with E-state index in [1.54, 1.807) is 0 Å². The van der Waals surface area contributed by atoms with Crippen LogP contribution in [0.5, 0.6) is 0 Å². The number of hydrogen-bond donors (Lipinski definition) is 0. The second-order valence-electron chi connectivity index (χ2n) is 4.47. The lowest BCUT2D eigenvalue weighted by Gasteiger charge is -2.05. The average molecular weight is 253 g/mol. The number of carbonyl (C=O) groups excluding carboxylic acids is 1. The molecular formula is C17H17O2. The Labute approximate surface area is 114 Å². The lowest BCUT2D eigenvalue weighted by atomic mass is 10.0. The molecule has 0 N–H and O–H groups in total. The van der Waals surface area contributed by atoms with Crippen LogP contribution in [-0.4, -0.2) is 12.6 Å². The Morgan fingerprint density at radius 3 is 2.47 bits per heavy atom. The first-order valence-corrected chi connectivity index (χ1v) is 6.41. The molecule has 0 saturated heterocycles. The van der Waals surface area contributed by atoms with Crippen molar-refractivity contribution < 1.29 is 9.53 Å². The maximum absolute atomic E-state index is 10.7. The smallest absolute Gasteiger partial charge is 0.302 e. The van der Waals surface area contributed by atoms with E-state index < -0.39 is 0 Å².